The maximum atomic E-state index is 13.1. The van der Waals surface area contributed by atoms with Gasteiger partial charge in [-0.3, -0.25) is 9.69 Å². The smallest absolute Gasteiger partial charge is 0.266 e. The summed E-state index contributed by atoms with van der Waals surface area (Å²) in [6.07, 6.45) is 1.91. The Morgan fingerprint density at radius 2 is 1.67 bits per heavy atom. The Bertz CT molecular complexity index is 1010. The minimum Gasteiger partial charge on any atom is -0.494 e. The van der Waals surface area contributed by atoms with Crippen LogP contribution in [0.2, 0.25) is 0 Å². The first-order valence-electron chi connectivity index (χ1n) is 11.6. The van der Waals surface area contributed by atoms with Crippen LogP contribution in [0.15, 0.2) is 52.4 Å². The van der Waals surface area contributed by atoms with Crippen molar-refractivity contribution in [2.75, 3.05) is 37.7 Å². The highest BCUT2D eigenvalue weighted by Crippen LogP contribution is 2.36. The fraction of sp³-hybridized carbons (Fsp3) is 0.385. The Hall–Kier alpha value is -2.93. The zero-order chi connectivity index (χ0) is 23.8. The van der Waals surface area contributed by atoms with Crippen LogP contribution in [0.25, 0.3) is 6.08 Å². The molecule has 0 radical (unpaired) electrons. The number of nitrogens with zero attached hydrogens (tertiary/aromatic N) is 3. The summed E-state index contributed by atoms with van der Waals surface area (Å²) < 4.78 is 11.4. The van der Waals surface area contributed by atoms with Gasteiger partial charge in [0.05, 0.1) is 23.8 Å². The Balaban J connectivity index is 1.91. The summed E-state index contributed by atoms with van der Waals surface area (Å²) in [6, 6.07) is 13.7. The van der Waals surface area contributed by atoms with Gasteiger partial charge < -0.3 is 14.4 Å². The lowest BCUT2D eigenvalue weighted by molar-refractivity contribution is -0.122. The minimum atomic E-state index is -0.0394. The van der Waals surface area contributed by atoms with Crippen molar-refractivity contribution >= 4 is 40.3 Å². The zero-order valence-electron chi connectivity index (χ0n) is 20.1. The number of anilines is 1. The quantitative estimate of drug-likeness (QED) is 0.404. The van der Waals surface area contributed by atoms with E-state index in [4.69, 9.17) is 14.5 Å². The number of amides is 1. The Labute approximate surface area is 201 Å². The molecule has 1 aliphatic heterocycles. The minimum absolute atomic E-state index is 0.0394. The number of hydrogen-bond acceptors (Lipinski definition) is 6. The van der Waals surface area contributed by atoms with Gasteiger partial charge in [-0.05, 0) is 88.9 Å². The number of thioether (sulfide) groups is 1. The van der Waals surface area contributed by atoms with Crippen molar-refractivity contribution in [1.82, 2.24) is 4.90 Å². The number of carbonyl (C=O) groups excluding carboxylic acids is 1. The number of amidine groups is 1. The summed E-state index contributed by atoms with van der Waals surface area (Å²) in [5.41, 5.74) is 2.79. The fourth-order valence-corrected chi connectivity index (χ4v) is 4.67. The van der Waals surface area contributed by atoms with E-state index >= 15 is 0 Å². The molecule has 2 aromatic carbocycles. The molecule has 0 N–H and O–H groups in total. The van der Waals surface area contributed by atoms with Crippen LogP contribution in [-0.2, 0) is 4.79 Å². The van der Waals surface area contributed by atoms with E-state index in [1.807, 2.05) is 57.2 Å². The van der Waals surface area contributed by atoms with Crippen molar-refractivity contribution in [2.24, 2.45) is 4.99 Å². The average Bonchev–Trinajstić information content (AvgIpc) is 3.11. The van der Waals surface area contributed by atoms with Crippen LogP contribution in [0.5, 0.6) is 11.5 Å². The molecule has 1 amide bonds. The molecule has 0 unspecified atom stereocenters. The number of aliphatic imine (C=N–C) groups is 1. The second kappa shape index (κ2) is 11.8. The third-order valence-electron chi connectivity index (χ3n) is 5.29. The molecule has 0 atom stereocenters. The van der Waals surface area contributed by atoms with Crippen LogP contribution in [-0.4, -0.2) is 48.8 Å². The molecule has 1 aliphatic rings. The first kappa shape index (κ1) is 24.7. The van der Waals surface area contributed by atoms with Crippen LogP contribution in [0, 0.1) is 0 Å². The van der Waals surface area contributed by atoms with Gasteiger partial charge in [0.2, 0.25) is 0 Å². The van der Waals surface area contributed by atoms with Crippen molar-refractivity contribution < 1.29 is 14.3 Å². The molecule has 0 bridgehead atoms. The summed E-state index contributed by atoms with van der Waals surface area (Å²) in [5.74, 6) is 1.55. The van der Waals surface area contributed by atoms with E-state index in [9.17, 15) is 4.79 Å². The Morgan fingerprint density at radius 1 is 0.970 bits per heavy atom. The van der Waals surface area contributed by atoms with Crippen molar-refractivity contribution in [1.29, 1.82) is 0 Å². The summed E-state index contributed by atoms with van der Waals surface area (Å²) >= 11 is 1.39. The van der Waals surface area contributed by atoms with Crippen LogP contribution in [0.4, 0.5) is 11.4 Å². The molecule has 33 heavy (non-hydrogen) atoms. The summed E-state index contributed by atoms with van der Waals surface area (Å²) in [7, 11) is 0. The average molecular weight is 468 g/mol. The second-order valence-corrected chi connectivity index (χ2v) is 8.32. The van der Waals surface area contributed by atoms with Crippen molar-refractivity contribution in [3.8, 4) is 11.5 Å². The molecular formula is C26H33N3O3S. The highest BCUT2D eigenvalue weighted by atomic mass is 32.2. The molecule has 2 aromatic rings. The van der Waals surface area contributed by atoms with Crippen LogP contribution >= 0.6 is 11.8 Å². The van der Waals surface area contributed by atoms with Crippen molar-refractivity contribution in [3.05, 3.63) is 52.9 Å². The van der Waals surface area contributed by atoms with Gasteiger partial charge in [0.15, 0.2) is 5.17 Å². The van der Waals surface area contributed by atoms with E-state index in [-0.39, 0.29) is 5.91 Å². The summed E-state index contributed by atoms with van der Waals surface area (Å²) in [4.78, 5) is 22.4. The predicted octanol–water partition coefficient (Wildman–Crippen LogP) is 5.95. The van der Waals surface area contributed by atoms with E-state index in [1.165, 1.54) is 11.8 Å². The van der Waals surface area contributed by atoms with E-state index in [0.29, 0.717) is 29.8 Å². The predicted molar refractivity (Wildman–Crippen MR) is 139 cm³/mol. The third kappa shape index (κ3) is 5.90. The van der Waals surface area contributed by atoms with Gasteiger partial charge in [-0.25, -0.2) is 4.99 Å². The lowest BCUT2D eigenvalue weighted by Gasteiger charge is -2.22. The largest absolute Gasteiger partial charge is 0.494 e. The third-order valence-corrected chi connectivity index (χ3v) is 6.30. The van der Waals surface area contributed by atoms with Gasteiger partial charge in [-0.1, -0.05) is 0 Å². The molecule has 0 aromatic heterocycles. The molecule has 3 rings (SSSR count). The standard InChI is InChI=1S/C26H33N3O3S/c1-6-28(7-2)21-14-11-19(23(18-21)32-10-5)17-24-25(30)29(8-3)26(33-24)27-20-12-15-22(16-13-20)31-9-4/h11-18H,6-10H2,1-5H3/b24-17+,27-26?. The molecular weight excluding hydrogens is 434 g/mol. The van der Waals surface area contributed by atoms with Crippen molar-refractivity contribution in [2.45, 2.75) is 34.6 Å². The first-order valence-corrected chi connectivity index (χ1v) is 12.4. The number of carbonyl (C=O) groups is 1. The highest BCUT2D eigenvalue weighted by molar-refractivity contribution is 8.18. The normalized spacial score (nSPS) is 16.0. The lowest BCUT2D eigenvalue weighted by Crippen LogP contribution is -2.28. The summed E-state index contributed by atoms with van der Waals surface area (Å²) in [6.45, 7) is 13.7. The maximum absolute atomic E-state index is 13.1. The van der Waals surface area contributed by atoms with Crippen LogP contribution < -0.4 is 14.4 Å². The van der Waals surface area contributed by atoms with E-state index in [2.05, 4.69) is 30.9 Å². The van der Waals surface area contributed by atoms with Crippen molar-refractivity contribution in [3.63, 3.8) is 0 Å². The topological polar surface area (TPSA) is 54.4 Å². The molecule has 1 saturated heterocycles. The molecule has 0 spiro atoms. The van der Waals surface area contributed by atoms with Gasteiger partial charge >= 0.3 is 0 Å². The molecule has 176 valence electrons. The molecule has 7 heteroatoms. The molecule has 0 saturated carbocycles. The Kier molecular flexibility index (Phi) is 8.83. The highest BCUT2D eigenvalue weighted by Gasteiger charge is 2.32. The molecule has 1 heterocycles. The zero-order valence-corrected chi connectivity index (χ0v) is 20.9. The molecule has 1 fully saturated rings. The summed E-state index contributed by atoms with van der Waals surface area (Å²) in [5, 5.41) is 0.677. The Morgan fingerprint density at radius 3 is 2.27 bits per heavy atom. The monoisotopic (exact) mass is 467 g/mol. The first-order chi connectivity index (χ1) is 16.0. The number of rotatable bonds is 10. The lowest BCUT2D eigenvalue weighted by atomic mass is 10.1. The fourth-order valence-electron chi connectivity index (χ4n) is 3.61. The van der Waals surface area contributed by atoms with Crippen LogP contribution in [0.1, 0.15) is 40.2 Å². The van der Waals surface area contributed by atoms with E-state index < -0.39 is 0 Å². The SMILES string of the molecule is CCOc1ccc(N=C2S/C(=C/c3ccc(N(CC)CC)cc3OCC)C(=O)N2CC)cc1. The molecule has 6 nitrogen and oxygen atoms in total. The number of ether oxygens (including phenoxy) is 2. The van der Waals surface area contributed by atoms with Gasteiger partial charge in [0, 0.05) is 37.0 Å². The second-order valence-electron chi connectivity index (χ2n) is 7.31. The van der Waals surface area contributed by atoms with Crippen LogP contribution in [0.3, 0.4) is 0 Å². The number of hydrogen-bond donors (Lipinski definition) is 0. The van der Waals surface area contributed by atoms with Gasteiger partial charge in [0.1, 0.15) is 11.5 Å². The maximum Gasteiger partial charge on any atom is 0.266 e. The van der Waals surface area contributed by atoms with Gasteiger partial charge in [-0.2, -0.15) is 0 Å². The molecule has 0 aliphatic carbocycles. The number of likely N-dealkylation sites (N-methyl/N-ethyl adjacent to an activating group) is 1. The number of benzene rings is 2. The van der Waals surface area contributed by atoms with E-state index in [1.54, 1.807) is 4.90 Å². The van der Waals surface area contributed by atoms with E-state index in [0.717, 1.165) is 41.5 Å². The van der Waals surface area contributed by atoms with Gasteiger partial charge in [0.25, 0.3) is 5.91 Å². The van der Waals surface area contributed by atoms with Gasteiger partial charge in [-0.15, -0.1) is 0 Å².